The lowest BCUT2D eigenvalue weighted by Crippen LogP contribution is -2.48. The number of hydrogen-bond acceptors (Lipinski definition) is 4. The Morgan fingerprint density at radius 1 is 1.23 bits per heavy atom. The van der Waals surface area contributed by atoms with E-state index in [1.165, 1.54) is 5.56 Å². The summed E-state index contributed by atoms with van der Waals surface area (Å²) in [5.74, 6) is 2.36. The van der Waals surface area contributed by atoms with Crippen molar-refractivity contribution in [2.75, 3.05) is 19.6 Å². The summed E-state index contributed by atoms with van der Waals surface area (Å²) < 4.78 is 5.86. The molecule has 0 radical (unpaired) electrons. The SMILES string of the molecule is CCNC(=NCc1ncc(C(C)(C)C)o1)NC1CCN(Cc2ccc(Cl)cc2)CC1. The largest absolute Gasteiger partial charge is 0.443 e. The number of hydrogen-bond donors (Lipinski definition) is 2. The Morgan fingerprint density at radius 2 is 1.93 bits per heavy atom. The zero-order valence-corrected chi connectivity index (χ0v) is 19.3. The molecule has 164 valence electrons. The molecule has 1 aliphatic heterocycles. The lowest BCUT2D eigenvalue weighted by atomic mass is 9.94. The van der Waals surface area contributed by atoms with E-state index in [-0.39, 0.29) is 5.41 Å². The average molecular weight is 432 g/mol. The summed E-state index contributed by atoms with van der Waals surface area (Å²) in [5, 5.41) is 7.71. The van der Waals surface area contributed by atoms with Gasteiger partial charge in [-0.3, -0.25) is 4.90 Å². The second-order valence-electron chi connectivity index (χ2n) is 8.88. The lowest BCUT2D eigenvalue weighted by Gasteiger charge is -2.33. The highest BCUT2D eigenvalue weighted by atomic mass is 35.5. The third-order valence-electron chi connectivity index (χ3n) is 5.26. The first-order valence-corrected chi connectivity index (χ1v) is 11.2. The Labute approximate surface area is 185 Å². The van der Waals surface area contributed by atoms with Crippen LogP contribution in [-0.4, -0.2) is 41.5 Å². The number of nitrogens with zero attached hydrogens (tertiary/aromatic N) is 3. The predicted molar refractivity (Wildman–Crippen MR) is 123 cm³/mol. The molecule has 1 fully saturated rings. The van der Waals surface area contributed by atoms with Crippen molar-refractivity contribution >= 4 is 17.6 Å². The van der Waals surface area contributed by atoms with Crippen LogP contribution in [0.4, 0.5) is 0 Å². The van der Waals surface area contributed by atoms with Gasteiger partial charge in [0.05, 0.1) is 6.20 Å². The topological polar surface area (TPSA) is 65.7 Å². The van der Waals surface area contributed by atoms with Gasteiger partial charge in [-0.25, -0.2) is 9.98 Å². The second-order valence-corrected chi connectivity index (χ2v) is 9.32. The zero-order chi connectivity index (χ0) is 21.6. The average Bonchev–Trinajstić information content (AvgIpc) is 3.19. The van der Waals surface area contributed by atoms with Crippen molar-refractivity contribution in [1.82, 2.24) is 20.5 Å². The third kappa shape index (κ3) is 6.74. The van der Waals surface area contributed by atoms with E-state index in [1.807, 2.05) is 18.3 Å². The van der Waals surface area contributed by atoms with Gasteiger partial charge in [0, 0.05) is 42.7 Å². The minimum absolute atomic E-state index is 0.0440. The highest BCUT2D eigenvalue weighted by molar-refractivity contribution is 6.30. The highest BCUT2D eigenvalue weighted by Gasteiger charge is 2.21. The first kappa shape index (κ1) is 22.6. The van der Waals surface area contributed by atoms with Crippen molar-refractivity contribution in [3.63, 3.8) is 0 Å². The molecule has 0 bridgehead atoms. The summed E-state index contributed by atoms with van der Waals surface area (Å²) in [7, 11) is 0. The van der Waals surface area contributed by atoms with Crippen LogP contribution in [0, 0.1) is 0 Å². The molecule has 1 aromatic carbocycles. The lowest BCUT2D eigenvalue weighted by molar-refractivity contribution is 0.198. The number of benzene rings is 1. The van der Waals surface area contributed by atoms with Crippen LogP contribution in [0.15, 0.2) is 39.9 Å². The maximum atomic E-state index is 5.98. The number of guanidine groups is 1. The number of halogens is 1. The number of likely N-dealkylation sites (tertiary alicyclic amines) is 1. The summed E-state index contributed by atoms with van der Waals surface area (Å²) in [6.07, 6.45) is 3.98. The van der Waals surface area contributed by atoms with Gasteiger partial charge in [-0.2, -0.15) is 0 Å². The van der Waals surface area contributed by atoms with Gasteiger partial charge in [0.25, 0.3) is 0 Å². The van der Waals surface area contributed by atoms with E-state index in [1.54, 1.807) is 0 Å². The van der Waals surface area contributed by atoms with Crippen LogP contribution in [0.2, 0.25) is 5.02 Å². The first-order valence-electron chi connectivity index (χ1n) is 10.8. The highest BCUT2D eigenvalue weighted by Crippen LogP contribution is 2.23. The van der Waals surface area contributed by atoms with Crippen molar-refractivity contribution in [3.8, 4) is 0 Å². The number of aliphatic imine (C=N–C) groups is 1. The Hall–Kier alpha value is -2.05. The fraction of sp³-hybridized carbons (Fsp3) is 0.565. The van der Waals surface area contributed by atoms with Crippen LogP contribution in [0.1, 0.15) is 57.8 Å². The maximum Gasteiger partial charge on any atom is 0.216 e. The van der Waals surface area contributed by atoms with Gasteiger partial charge in [-0.15, -0.1) is 0 Å². The summed E-state index contributed by atoms with van der Waals surface area (Å²) >= 11 is 5.98. The number of piperidine rings is 1. The molecule has 6 nitrogen and oxygen atoms in total. The Kier molecular flexibility index (Phi) is 7.78. The van der Waals surface area contributed by atoms with Crippen LogP contribution in [0.5, 0.6) is 0 Å². The number of rotatable bonds is 6. The molecule has 0 aliphatic carbocycles. The summed E-state index contributed by atoms with van der Waals surface area (Å²) in [6, 6.07) is 8.55. The van der Waals surface area contributed by atoms with Crippen molar-refractivity contribution in [2.45, 2.75) is 65.1 Å². The fourth-order valence-corrected chi connectivity index (χ4v) is 3.60. The molecule has 1 aromatic heterocycles. The van der Waals surface area contributed by atoms with Crippen LogP contribution in [-0.2, 0) is 18.5 Å². The molecule has 0 atom stereocenters. The summed E-state index contributed by atoms with van der Waals surface area (Å²) in [4.78, 5) is 11.5. The fourth-order valence-electron chi connectivity index (χ4n) is 3.47. The second kappa shape index (κ2) is 10.3. The molecular weight excluding hydrogens is 398 g/mol. The van der Waals surface area contributed by atoms with Crippen LogP contribution >= 0.6 is 11.6 Å². The summed E-state index contributed by atoms with van der Waals surface area (Å²) in [6.45, 7) is 12.8. The molecule has 0 amide bonds. The van der Waals surface area contributed by atoms with Gasteiger partial charge < -0.3 is 15.1 Å². The Bertz CT molecular complexity index is 817. The van der Waals surface area contributed by atoms with Gasteiger partial charge in [0.1, 0.15) is 12.3 Å². The predicted octanol–water partition coefficient (Wildman–Crippen LogP) is 4.35. The molecule has 0 saturated carbocycles. The Morgan fingerprint density at radius 3 is 2.53 bits per heavy atom. The number of nitrogens with one attached hydrogen (secondary N) is 2. The van der Waals surface area contributed by atoms with Crippen molar-refractivity contribution < 1.29 is 4.42 Å². The molecule has 1 aliphatic rings. The molecule has 7 heteroatoms. The minimum Gasteiger partial charge on any atom is -0.443 e. The molecular formula is C23H34ClN5O. The van der Waals surface area contributed by atoms with E-state index in [0.29, 0.717) is 18.5 Å². The van der Waals surface area contributed by atoms with Crippen molar-refractivity contribution in [1.29, 1.82) is 0 Å². The monoisotopic (exact) mass is 431 g/mol. The molecule has 0 spiro atoms. The van der Waals surface area contributed by atoms with E-state index in [0.717, 1.165) is 55.8 Å². The standard InChI is InChI=1S/C23H34ClN5O/c1-5-25-22(27-15-21-26-14-20(30-21)23(2,3)4)28-19-10-12-29(13-11-19)16-17-6-8-18(24)9-7-17/h6-9,14,19H,5,10-13,15-16H2,1-4H3,(H2,25,27,28). The zero-order valence-electron chi connectivity index (χ0n) is 18.5. The van der Waals surface area contributed by atoms with Gasteiger partial charge in [0.15, 0.2) is 5.96 Å². The maximum absolute atomic E-state index is 5.98. The van der Waals surface area contributed by atoms with E-state index in [9.17, 15) is 0 Å². The quantitative estimate of drug-likeness (QED) is 0.526. The van der Waals surface area contributed by atoms with Crippen LogP contribution < -0.4 is 10.6 Å². The molecule has 2 heterocycles. The van der Waals surface area contributed by atoms with Gasteiger partial charge in [-0.1, -0.05) is 44.5 Å². The van der Waals surface area contributed by atoms with Gasteiger partial charge >= 0.3 is 0 Å². The molecule has 1 saturated heterocycles. The number of aromatic nitrogens is 1. The molecule has 3 rings (SSSR count). The van der Waals surface area contributed by atoms with E-state index >= 15 is 0 Å². The third-order valence-corrected chi connectivity index (χ3v) is 5.51. The molecule has 2 N–H and O–H groups in total. The van der Waals surface area contributed by atoms with E-state index in [2.05, 4.69) is 65.3 Å². The van der Waals surface area contributed by atoms with E-state index in [4.69, 9.17) is 16.0 Å². The van der Waals surface area contributed by atoms with Crippen LogP contribution in [0.25, 0.3) is 0 Å². The van der Waals surface area contributed by atoms with E-state index < -0.39 is 0 Å². The van der Waals surface area contributed by atoms with Gasteiger partial charge in [0.2, 0.25) is 5.89 Å². The molecule has 0 unspecified atom stereocenters. The molecule has 30 heavy (non-hydrogen) atoms. The smallest absolute Gasteiger partial charge is 0.216 e. The summed E-state index contributed by atoms with van der Waals surface area (Å²) in [5.41, 5.74) is 1.26. The minimum atomic E-state index is -0.0440. The number of oxazole rings is 1. The normalized spacial score (nSPS) is 16.6. The van der Waals surface area contributed by atoms with Crippen LogP contribution in [0.3, 0.4) is 0 Å². The van der Waals surface area contributed by atoms with Crippen molar-refractivity contribution in [3.05, 3.63) is 52.7 Å². The Balaban J connectivity index is 1.50. The van der Waals surface area contributed by atoms with Crippen molar-refractivity contribution in [2.24, 2.45) is 4.99 Å². The molecule has 2 aromatic rings. The first-order chi connectivity index (χ1) is 14.3. The van der Waals surface area contributed by atoms with Gasteiger partial charge in [-0.05, 0) is 37.5 Å².